The minimum Gasteiger partial charge on any atom is -0.480 e. The average molecular weight is 307 g/mol. The molecule has 1 atom stereocenters. The molecule has 2 saturated heterocycles. The quantitative estimate of drug-likeness (QED) is 0.912. The minimum absolute atomic E-state index is 0.0680. The van der Waals surface area contributed by atoms with E-state index >= 15 is 0 Å². The van der Waals surface area contributed by atoms with Crippen LogP contribution < -0.4 is 0 Å². The Labute approximate surface area is 127 Å². The monoisotopic (exact) mass is 307 g/mol. The van der Waals surface area contributed by atoms with Gasteiger partial charge in [0.1, 0.15) is 12.6 Å². The Hall–Kier alpha value is -2.12. The summed E-state index contributed by atoms with van der Waals surface area (Å²) >= 11 is 0. The van der Waals surface area contributed by atoms with E-state index in [0.717, 1.165) is 10.5 Å². The number of carboxylic acids is 1. The van der Waals surface area contributed by atoms with Gasteiger partial charge in [0, 0.05) is 6.42 Å². The smallest absolute Gasteiger partial charge is 0.415 e. The molecule has 2 aliphatic rings. The van der Waals surface area contributed by atoms with E-state index in [1.807, 2.05) is 30.3 Å². The standard InChI is InChI=1S/C15H17NO6/c17-13(18)12-6-7-15(21-8-9-22-15)16(12)14(19)20-10-11-4-2-1-3-5-11/h1-5,12H,6-10H2,(H,17,18)/t12-/m0/s1. The van der Waals surface area contributed by atoms with Crippen molar-refractivity contribution < 1.29 is 28.9 Å². The van der Waals surface area contributed by atoms with Crippen LogP contribution in [-0.4, -0.2) is 47.2 Å². The van der Waals surface area contributed by atoms with Crippen molar-refractivity contribution in [3.8, 4) is 0 Å². The summed E-state index contributed by atoms with van der Waals surface area (Å²) in [5.41, 5.74) is 0.823. The topological polar surface area (TPSA) is 85.3 Å². The molecule has 2 heterocycles. The van der Waals surface area contributed by atoms with Gasteiger partial charge < -0.3 is 19.3 Å². The van der Waals surface area contributed by atoms with E-state index in [2.05, 4.69) is 0 Å². The molecule has 0 radical (unpaired) electrons. The molecular weight excluding hydrogens is 290 g/mol. The van der Waals surface area contributed by atoms with Crippen LogP contribution in [0.15, 0.2) is 30.3 Å². The SMILES string of the molecule is O=C(O)[C@@H]1CCC2(OCCO2)N1C(=O)OCc1ccccc1. The van der Waals surface area contributed by atoms with Crippen LogP contribution in [0, 0.1) is 0 Å². The molecule has 1 N–H and O–H groups in total. The fourth-order valence-electron chi connectivity index (χ4n) is 2.82. The Bertz CT molecular complexity index is 554. The second-order valence-electron chi connectivity index (χ2n) is 5.21. The maximum absolute atomic E-state index is 12.4. The maximum Gasteiger partial charge on any atom is 0.415 e. The summed E-state index contributed by atoms with van der Waals surface area (Å²) in [6.07, 6.45) is -0.143. The first kappa shape index (κ1) is 14.8. The number of nitrogens with zero attached hydrogens (tertiary/aromatic N) is 1. The van der Waals surface area contributed by atoms with Crippen LogP contribution in [0.5, 0.6) is 0 Å². The second-order valence-corrected chi connectivity index (χ2v) is 5.21. The highest BCUT2D eigenvalue weighted by Gasteiger charge is 2.56. The summed E-state index contributed by atoms with van der Waals surface area (Å²) in [6.45, 7) is 0.724. The lowest BCUT2D eigenvalue weighted by Crippen LogP contribution is -2.53. The highest BCUT2D eigenvalue weighted by Crippen LogP contribution is 2.39. The molecule has 3 rings (SSSR count). The number of hydrogen-bond donors (Lipinski definition) is 1. The molecule has 0 saturated carbocycles. The van der Waals surface area contributed by atoms with E-state index < -0.39 is 24.0 Å². The van der Waals surface area contributed by atoms with E-state index in [1.165, 1.54) is 0 Å². The molecule has 1 aromatic rings. The van der Waals surface area contributed by atoms with Crippen LogP contribution in [-0.2, 0) is 25.6 Å². The van der Waals surface area contributed by atoms with Crippen LogP contribution in [0.2, 0.25) is 0 Å². The zero-order chi connectivity index (χ0) is 15.6. The number of carbonyl (C=O) groups is 2. The zero-order valence-corrected chi connectivity index (χ0v) is 11.9. The Balaban J connectivity index is 1.73. The van der Waals surface area contributed by atoms with Crippen LogP contribution in [0.4, 0.5) is 4.79 Å². The summed E-state index contributed by atoms with van der Waals surface area (Å²) < 4.78 is 16.3. The Kier molecular flexibility index (Phi) is 4.00. The number of ether oxygens (including phenoxy) is 3. The predicted molar refractivity (Wildman–Crippen MR) is 73.8 cm³/mol. The van der Waals surface area contributed by atoms with Crippen molar-refractivity contribution in [1.29, 1.82) is 0 Å². The summed E-state index contributed by atoms with van der Waals surface area (Å²) in [7, 11) is 0. The van der Waals surface area contributed by atoms with Gasteiger partial charge in [0.25, 0.3) is 5.91 Å². The van der Waals surface area contributed by atoms with E-state index in [4.69, 9.17) is 14.2 Å². The lowest BCUT2D eigenvalue weighted by Gasteiger charge is -2.33. The number of carboxylic acid groups (broad SMARTS) is 1. The molecule has 1 spiro atoms. The molecule has 1 amide bonds. The normalized spacial score (nSPS) is 22.9. The average Bonchev–Trinajstić information content (AvgIpc) is 3.14. The van der Waals surface area contributed by atoms with Crippen molar-refractivity contribution in [1.82, 2.24) is 4.90 Å². The second kappa shape index (κ2) is 5.94. The van der Waals surface area contributed by atoms with Gasteiger partial charge in [-0.1, -0.05) is 30.3 Å². The van der Waals surface area contributed by atoms with Crippen molar-refractivity contribution in [3.63, 3.8) is 0 Å². The van der Waals surface area contributed by atoms with Crippen molar-refractivity contribution >= 4 is 12.1 Å². The van der Waals surface area contributed by atoms with Crippen molar-refractivity contribution in [3.05, 3.63) is 35.9 Å². The summed E-state index contributed by atoms with van der Waals surface area (Å²) in [5.74, 6) is -2.38. The van der Waals surface area contributed by atoms with Gasteiger partial charge in [0.05, 0.1) is 13.2 Å². The molecule has 0 bridgehead atoms. The van der Waals surface area contributed by atoms with Gasteiger partial charge in [-0.3, -0.25) is 0 Å². The largest absolute Gasteiger partial charge is 0.480 e. The molecule has 2 fully saturated rings. The molecule has 0 aromatic heterocycles. The Morgan fingerprint density at radius 2 is 1.95 bits per heavy atom. The summed E-state index contributed by atoms with van der Waals surface area (Å²) in [6, 6.07) is 8.19. The predicted octanol–water partition coefficient (Wildman–Crippen LogP) is 1.57. The fourth-order valence-corrected chi connectivity index (χ4v) is 2.82. The third-order valence-electron chi connectivity index (χ3n) is 3.84. The zero-order valence-electron chi connectivity index (χ0n) is 11.9. The van der Waals surface area contributed by atoms with E-state index in [1.54, 1.807) is 0 Å². The van der Waals surface area contributed by atoms with Gasteiger partial charge in [-0.05, 0) is 12.0 Å². The summed E-state index contributed by atoms with van der Waals surface area (Å²) in [4.78, 5) is 24.8. The molecule has 118 valence electrons. The molecule has 7 nitrogen and oxygen atoms in total. The van der Waals surface area contributed by atoms with Crippen molar-refractivity contribution in [2.75, 3.05) is 13.2 Å². The number of amides is 1. The molecule has 2 aliphatic heterocycles. The first-order valence-corrected chi connectivity index (χ1v) is 7.13. The Morgan fingerprint density at radius 3 is 2.59 bits per heavy atom. The molecule has 1 aromatic carbocycles. The first-order chi connectivity index (χ1) is 10.6. The van der Waals surface area contributed by atoms with Gasteiger partial charge >= 0.3 is 12.1 Å². The third kappa shape index (κ3) is 2.65. The van der Waals surface area contributed by atoms with Crippen molar-refractivity contribution in [2.24, 2.45) is 0 Å². The van der Waals surface area contributed by atoms with E-state index in [0.29, 0.717) is 19.6 Å². The Morgan fingerprint density at radius 1 is 1.27 bits per heavy atom. The van der Waals surface area contributed by atoms with Crippen LogP contribution in [0.25, 0.3) is 0 Å². The van der Waals surface area contributed by atoms with Gasteiger partial charge in [-0.15, -0.1) is 0 Å². The molecule has 0 aliphatic carbocycles. The van der Waals surface area contributed by atoms with Crippen LogP contribution in [0.1, 0.15) is 18.4 Å². The number of aliphatic carboxylic acids is 1. The van der Waals surface area contributed by atoms with E-state index in [-0.39, 0.29) is 13.0 Å². The maximum atomic E-state index is 12.4. The molecule has 22 heavy (non-hydrogen) atoms. The number of likely N-dealkylation sites (tertiary alicyclic amines) is 1. The minimum atomic E-state index is -1.29. The lowest BCUT2D eigenvalue weighted by atomic mass is 10.2. The van der Waals surface area contributed by atoms with Crippen LogP contribution in [0.3, 0.4) is 0 Å². The molecule has 0 unspecified atom stereocenters. The third-order valence-corrected chi connectivity index (χ3v) is 3.84. The number of carbonyl (C=O) groups excluding carboxylic acids is 1. The van der Waals surface area contributed by atoms with Crippen molar-refractivity contribution in [2.45, 2.75) is 31.4 Å². The fraction of sp³-hybridized carbons (Fsp3) is 0.467. The van der Waals surface area contributed by atoms with Gasteiger partial charge in [-0.2, -0.15) is 0 Å². The number of hydrogen-bond acceptors (Lipinski definition) is 5. The molecule has 7 heteroatoms. The van der Waals surface area contributed by atoms with Gasteiger partial charge in [0.2, 0.25) is 0 Å². The highest BCUT2D eigenvalue weighted by molar-refractivity contribution is 5.81. The van der Waals surface area contributed by atoms with Gasteiger partial charge in [-0.25, -0.2) is 14.5 Å². The van der Waals surface area contributed by atoms with Crippen LogP contribution >= 0.6 is 0 Å². The van der Waals surface area contributed by atoms with Gasteiger partial charge in [0.15, 0.2) is 0 Å². The molecular formula is C15H17NO6. The first-order valence-electron chi connectivity index (χ1n) is 7.13. The number of benzene rings is 1. The van der Waals surface area contributed by atoms with E-state index in [9.17, 15) is 14.7 Å². The lowest BCUT2D eigenvalue weighted by molar-refractivity contribution is -0.234. The highest BCUT2D eigenvalue weighted by atomic mass is 16.8. The number of rotatable bonds is 3. The summed E-state index contributed by atoms with van der Waals surface area (Å²) in [5, 5.41) is 9.30.